The van der Waals surface area contributed by atoms with Gasteiger partial charge < -0.3 is 15.7 Å². The topological polar surface area (TPSA) is 96.3 Å². The third kappa shape index (κ3) is 3.54. The molecule has 26 heavy (non-hydrogen) atoms. The van der Waals surface area contributed by atoms with Crippen LogP contribution in [-0.4, -0.2) is 39.8 Å². The van der Waals surface area contributed by atoms with Crippen molar-refractivity contribution in [1.29, 1.82) is 0 Å². The summed E-state index contributed by atoms with van der Waals surface area (Å²) in [6.45, 7) is 4.45. The fourth-order valence-electron chi connectivity index (χ4n) is 3.55. The van der Waals surface area contributed by atoms with Crippen LogP contribution >= 0.6 is 0 Å². The van der Waals surface area contributed by atoms with E-state index in [1.165, 1.54) is 4.57 Å². The molecular weight excluding hydrogens is 332 g/mol. The van der Waals surface area contributed by atoms with Crippen molar-refractivity contribution in [3.63, 3.8) is 0 Å². The molecule has 0 unspecified atom stereocenters. The number of carbonyl (C=O) groups excluding carboxylic acids is 1. The number of rotatable bonds is 4. The fourth-order valence-corrected chi connectivity index (χ4v) is 3.55. The monoisotopic (exact) mass is 356 g/mol. The smallest absolute Gasteiger partial charge is 0.348 e. The van der Waals surface area contributed by atoms with Gasteiger partial charge in [0.1, 0.15) is 6.54 Å². The van der Waals surface area contributed by atoms with Crippen molar-refractivity contribution in [2.75, 3.05) is 13.1 Å². The van der Waals surface area contributed by atoms with E-state index >= 15 is 0 Å². The van der Waals surface area contributed by atoms with Gasteiger partial charge in [-0.3, -0.25) is 9.36 Å². The van der Waals surface area contributed by atoms with Gasteiger partial charge in [0.15, 0.2) is 0 Å². The minimum Gasteiger partial charge on any atom is -0.389 e. The Labute approximate surface area is 152 Å². The number of aliphatic hydroxyl groups is 1. The van der Waals surface area contributed by atoms with E-state index in [0.29, 0.717) is 30.9 Å². The predicted octanol–water partition coefficient (Wildman–Crippen LogP) is 0.226. The molecule has 138 valence electrons. The maximum Gasteiger partial charge on any atom is 0.348 e. The Hall–Kier alpha value is -2.51. The Morgan fingerprint density at radius 2 is 2.12 bits per heavy atom. The number of aromatic nitrogens is 2. The highest BCUT2D eigenvalue weighted by molar-refractivity contribution is 5.77. The van der Waals surface area contributed by atoms with Gasteiger partial charge in [-0.05, 0) is 38.4 Å². The van der Waals surface area contributed by atoms with Crippen molar-refractivity contribution in [3.05, 3.63) is 63.8 Å². The van der Waals surface area contributed by atoms with E-state index in [1.54, 1.807) is 19.9 Å². The molecule has 0 saturated carbocycles. The van der Waals surface area contributed by atoms with Crippen molar-refractivity contribution >= 4 is 5.91 Å². The van der Waals surface area contributed by atoms with Gasteiger partial charge in [0.2, 0.25) is 5.91 Å². The lowest BCUT2D eigenvalue weighted by atomic mass is 9.79. The summed E-state index contributed by atoms with van der Waals surface area (Å²) in [5, 5.41) is 16.8. The van der Waals surface area contributed by atoms with Crippen molar-refractivity contribution in [3.8, 4) is 0 Å². The molecule has 2 atom stereocenters. The zero-order chi connectivity index (χ0) is 18.7. The SMILES string of the molecule is Cc1cc(C)n(CC(=O)N[C@@]2(c3ccccc3)CCNC[C@H]2O)c(=O)n1. The number of nitrogens with zero attached hydrogens (tertiary/aromatic N) is 2. The van der Waals surface area contributed by atoms with Crippen molar-refractivity contribution < 1.29 is 9.90 Å². The molecule has 7 nitrogen and oxygen atoms in total. The minimum atomic E-state index is -0.876. The second kappa shape index (κ2) is 7.39. The quantitative estimate of drug-likeness (QED) is 0.729. The number of aryl methyl sites for hydroxylation is 2. The van der Waals surface area contributed by atoms with Gasteiger partial charge in [0, 0.05) is 17.9 Å². The molecule has 1 aromatic heterocycles. The number of nitrogens with one attached hydrogen (secondary N) is 2. The van der Waals surface area contributed by atoms with Crippen LogP contribution in [0.15, 0.2) is 41.2 Å². The van der Waals surface area contributed by atoms with E-state index in [4.69, 9.17) is 0 Å². The Kier molecular flexibility index (Phi) is 5.20. The first kappa shape index (κ1) is 18.3. The van der Waals surface area contributed by atoms with Crippen LogP contribution in [0, 0.1) is 13.8 Å². The number of hydrogen-bond donors (Lipinski definition) is 3. The molecule has 2 heterocycles. The van der Waals surface area contributed by atoms with Crippen LogP contribution in [-0.2, 0) is 16.9 Å². The van der Waals surface area contributed by atoms with Crippen LogP contribution in [0.5, 0.6) is 0 Å². The number of piperidine rings is 1. The third-order valence-electron chi connectivity index (χ3n) is 4.90. The number of β-amino-alcohol motifs (C(OH)–C–C–N with tert-alkyl or cyclic N) is 1. The zero-order valence-corrected chi connectivity index (χ0v) is 15.0. The molecule has 0 aliphatic carbocycles. The highest BCUT2D eigenvalue weighted by Gasteiger charge is 2.42. The van der Waals surface area contributed by atoms with Gasteiger partial charge in [0.25, 0.3) is 0 Å². The highest BCUT2D eigenvalue weighted by atomic mass is 16.3. The maximum atomic E-state index is 12.8. The lowest BCUT2D eigenvalue weighted by Crippen LogP contribution is -2.61. The molecule has 1 saturated heterocycles. The zero-order valence-electron chi connectivity index (χ0n) is 15.0. The van der Waals surface area contributed by atoms with Gasteiger partial charge in [-0.15, -0.1) is 0 Å². The first-order chi connectivity index (χ1) is 12.4. The molecule has 1 aliphatic rings. The van der Waals surface area contributed by atoms with Crippen LogP contribution < -0.4 is 16.3 Å². The van der Waals surface area contributed by atoms with Crippen molar-refractivity contribution in [2.45, 2.75) is 38.5 Å². The van der Waals surface area contributed by atoms with Gasteiger partial charge >= 0.3 is 5.69 Å². The normalized spacial score (nSPS) is 22.8. The summed E-state index contributed by atoms with van der Waals surface area (Å²) in [6, 6.07) is 11.2. The molecule has 2 aromatic rings. The number of amides is 1. The molecular formula is C19H24N4O3. The van der Waals surface area contributed by atoms with Crippen LogP contribution in [0.3, 0.4) is 0 Å². The second-order valence-electron chi connectivity index (χ2n) is 6.76. The first-order valence-corrected chi connectivity index (χ1v) is 8.73. The average Bonchev–Trinajstić information content (AvgIpc) is 2.61. The molecule has 0 radical (unpaired) electrons. The molecule has 1 aliphatic heterocycles. The number of aliphatic hydroxyl groups excluding tert-OH is 1. The Morgan fingerprint density at radius 1 is 1.38 bits per heavy atom. The van der Waals surface area contributed by atoms with Crippen LogP contribution in [0.25, 0.3) is 0 Å². The summed E-state index contributed by atoms with van der Waals surface area (Å²) >= 11 is 0. The summed E-state index contributed by atoms with van der Waals surface area (Å²) in [6.07, 6.45) is -0.208. The van der Waals surface area contributed by atoms with E-state index in [-0.39, 0.29) is 12.5 Å². The Balaban J connectivity index is 1.88. The van der Waals surface area contributed by atoms with Crippen LogP contribution in [0.4, 0.5) is 0 Å². The molecule has 3 N–H and O–H groups in total. The molecule has 0 bridgehead atoms. The molecule has 1 aromatic carbocycles. The van der Waals surface area contributed by atoms with Crippen LogP contribution in [0.2, 0.25) is 0 Å². The molecule has 3 rings (SSSR count). The maximum absolute atomic E-state index is 12.8. The lowest BCUT2D eigenvalue weighted by molar-refractivity contribution is -0.126. The fraction of sp³-hybridized carbons (Fsp3) is 0.421. The van der Waals surface area contributed by atoms with Gasteiger partial charge in [-0.2, -0.15) is 4.98 Å². The Morgan fingerprint density at radius 3 is 2.77 bits per heavy atom. The summed E-state index contributed by atoms with van der Waals surface area (Å²) in [5.41, 5.74) is 0.834. The summed E-state index contributed by atoms with van der Waals surface area (Å²) < 4.78 is 1.34. The predicted molar refractivity (Wildman–Crippen MR) is 97.7 cm³/mol. The van der Waals surface area contributed by atoms with Crippen molar-refractivity contribution in [2.24, 2.45) is 0 Å². The molecule has 1 amide bonds. The summed E-state index contributed by atoms with van der Waals surface area (Å²) in [4.78, 5) is 28.8. The third-order valence-corrected chi connectivity index (χ3v) is 4.90. The first-order valence-electron chi connectivity index (χ1n) is 8.73. The number of carbonyl (C=O) groups is 1. The Bertz CT molecular complexity index is 850. The van der Waals surface area contributed by atoms with E-state index in [0.717, 1.165) is 5.56 Å². The van der Waals surface area contributed by atoms with Gasteiger partial charge in [0.05, 0.1) is 11.6 Å². The lowest BCUT2D eigenvalue weighted by Gasteiger charge is -2.43. The molecule has 1 fully saturated rings. The summed E-state index contributed by atoms with van der Waals surface area (Å²) in [5.74, 6) is -0.328. The largest absolute Gasteiger partial charge is 0.389 e. The highest BCUT2D eigenvalue weighted by Crippen LogP contribution is 2.31. The average molecular weight is 356 g/mol. The van der Waals surface area contributed by atoms with E-state index < -0.39 is 17.3 Å². The van der Waals surface area contributed by atoms with Gasteiger partial charge in [-0.25, -0.2) is 4.79 Å². The van der Waals surface area contributed by atoms with E-state index in [9.17, 15) is 14.7 Å². The van der Waals surface area contributed by atoms with E-state index in [1.807, 2.05) is 30.3 Å². The van der Waals surface area contributed by atoms with Gasteiger partial charge in [-0.1, -0.05) is 30.3 Å². The number of benzene rings is 1. The molecule has 0 spiro atoms. The van der Waals surface area contributed by atoms with Crippen molar-refractivity contribution in [1.82, 2.24) is 20.2 Å². The summed E-state index contributed by atoms with van der Waals surface area (Å²) in [7, 11) is 0. The van der Waals surface area contributed by atoms with Crippen LogP contribution in [0.1, 0.15) is 23.4 Å². The molecule has 7 heteroatoms. The second-order valence-corrected chi connectivity index (χ2v) is 6.76. The number of hydrogen-bond acceptors (Lipinski definition) is 5. The van der Waals surface area contributed by atoms with E-state index in [2.05, 4.69) is 15.6 Å². The standard InChI is InChI=1S/C19H24N4O3/c1-13-10-14(2)23(18(26)21-13)12-17(25)22-19(8-9-20-11-16(19)24)15-6-4-3-5-7-15/h3-7,10,16,20,24H,8-9,11-12H2,1-2H3,(H,22,25)/t16-,19-/m1/s1. The minimum absolute atomic E-state index is 0.132.